The number of aryl methyl sites for hydroxylation is 1. The van der Waals surface area contributed by atoms with Crippen LogP contribution in [0.2, 0.25) is 0 Å². The molecule has 0 radical (unpaired) electrons. The number of nitrogens with zero attached hydrogens (tertiary/aromatic N) is 4. The average molecular weight is 819 g/mol. The first kappa shape index (κ1) is 42.4. The standard InChI is InChI=1S/C56H42N4O3/c1-39-31-49(29-25-45(39)33-51(41-15-7-3-8-16-41)42-17-9-4-10-18-42)60(48-27-23-40(24-28-48)32-47(36-57)53(37-58)54(38-59)56(61)62)50-30-26-46(55(35-50)63-2)34-52(43-19-11-5-12-20-43)44-21-13-6-14-22-44/h3-35,53-54H,1-2H3,(H,61,62)/b47-32-. The summed E-state index contributed by atoms with van der Waals surface area (Å²) in [7, 11) is 1.66. The predicted molar refractivity (Wildman–Crippen MR) is 252 cm³/mol. The molecule has 1 N–H and O–H groups in total. The summed E-state index contributed by atoms with van der Waals surface area (Å²) >= 11 is 0. The molecule has 0 amide bonds. The van der Waals surface area contributed by atoms with Crippen LogP contribution in [0, 0.1) is 52.8 Å². The van der Waals surface area contributed by atoms with Crippen LogP contribution in [0.15, 0.2) is 188 Å². The number of benzene rings is 7. The zero-order chi connectivity index (χ0) is 44.1. The number of hydrogen-bond acceptors (Lipinski definition) is 6. The van der Waals surface area contributed by atoms with Gasteiger partial charge in [-0.2, -0.15) is 15.8 Å². The van der Waals surface area contributed by atoms with Gasteiger partial charge in [-0.05, 0) is 112 Å². The number of anilines is 3. The summed E-state index contributed by atoms with van der Waals surface area (Å²) in [6.07, 6.45) is 5.82. The van der Waals surface area contributed by atoms with Gasteiger partial charge < -0.3 is 14.7 Å². The van der Waals surface area contributed by atoms with Crippen LogP contribution in [-0.2, 0) is 4.79 Å². The molecule has 7 rings (SSSR count). The minimum Gasteiger partial charge on any atom is -0.496 e. The minimum absolute atomic E-state index is 0.112. The molecule has 0 aliphatic carbocycles. The molecule has 2 unspecified atom stereocenters. The average Bonchev–Trinajstić information content (AvgIpc) is 3.33. The van der Waals surface area contributed by atoms with E-state index >= 15 is 0 Å². The number of rotatable bonds is 14. The summed E-state index contributed by atoms with van der Waals surface area (Å²) in [5.74, 6) is -3.91. The van der Waals surface area contributed by atoms with Gasteiger partial charge in [0.2, 0.25) is 0 Å². The van der Waals surface area contributed by atoms with Crippen LogP contribution in [0.1, 0.15) is 44.5 Å². The van der Waals surface area contributed by atoms with E-state index in [0.717, 1.165) is 67.2 Å². The van der Waals surface area contributed by atoms with Crippen LogP contribution in [0.4, 0.5) is 17.1 Å². The number of allylic oxidation sites excluding steroid dienone is 1. The summed E-state index contributed by atoms with van der Waals surface area (Å²) < 4.78 is 6.10. The second-order valence-electron chi connectivity index (χ2n) is 14.7. The molecule has 7 heteroatoms. The molecule has 7 aromatic carbocycles. The lowest BCUT2D eigenvalue weighted by Gasteiger charge is -2.27. The van der Waals surface area contributed by atoms with E-state index < -0.39 is 17.8 Å². The molecule has 0 spiro atoms. The monoisotopic (exact) mass is 818 g/mol. The van der Waals surface area contributed by atoms with Gasteiger partial charge >= 0.3 is 5.97 Å². The molecule has 2 atom stereocenters. The van der Waals surface area contributed by atoms with Gasteiger partial charge in [-0.15, -0.1) is 0 Å². The molecular formula is C56H42N4O3. The first-order chi connectivity index (χ1) is 30.8. The van der Waals surface area contributed by atoms with Crippen LogP contribution in [0.3, 0.4) is 0 Å². The molecule has 0 aliphatic heterocycles. The number of methoxy groups -OCH3 is 1. The highest BCUT2D eigenvalue weighted by atomic mass is 16.5. The van der Waals surface area contributed by atoms with Crippen molar-refractivity contribution in [3.63, 3.8) is 0 Å². The van der Waals surface area contributed by atoms with Crippen molar-refractivity contribution in [3.05, 3.63) is 232 Å². The van der Waals surface area contributed by atoms with Crippen molar-refractivity contribution >= 4 is 52.4 Å². The fraction of sp³-hybridized carbons (Fsp3) is 0.0714. The predicted octanol–water partition coefficient (Wildman–Crippen LogP) is 12.9. The van der Waals surface area contributed by atoms with Gasteiger partial charge in [0, 0.05) is 34.3 Å². The van der Waals surface area contributed by atoms with Crippen molar-refractivity contribution in [2.24, 2.45) is 11.8 Å². The van der Waals surface area contributed by atoms with Gasteiger partial charge in [-0.1, -0.05) is 140 Å². The van der Waals surface area contributed by atoms with Crippen molar-refractivity contribution in [2.45, 2.75) is 6.92 Å². The largest absolute Gasteiger partial charge is 0.496 e. The van der Waals surface area contributed by atoms with E-state index in [-0.39, 0.29) is 5.57 Å². The number of nitriles is 3. The van der Waals surface area contributed by atoms with Gasteiger partial charge in [0.05, 0.1) is 25.3 Å². The Hall–Kier alpha value is -8.70. The number of carbonyl (C=O) groups is 1. The number of carboxylic acids is 1. The molecule has 0 aromatic heterocycles. The normalized spacial score (nSPS) is 11.7. The third-order valence-corrected chi connectivity index (χ3v) is 10.7. The molecule has 0 heterocycles. The molecule has 0 saturated carbocycles. The lowest BCUT2D eigenvalue weighted by Crippen LogP contribution is -2.22. The van der Waals surface area contributed by atoms with Crippen molar-refractivity contribution in [2.75, 3.05) is 12.0 Å². The Labute approximate surface area is 368 Å². The Kier molecular flexibility index (Phi) is 13.5. The second kappa shape index (κ2) is 20.0. The van der Waals surface area contributed by atoms with Crippen molar-refractivity contribution in [1.29, 1.82) is 15.8 Å². The summed E-state index contributed by atoms with van der Waals surface area (Å²) in [6.45, 7) is 2.10. The van der Waals surface area contributed by atoms with Gasteiger partial charge in [-0.3, -0.25) is 4.79 Å². The summed E-state index contributed by atoms with van der Waals surface area (Å²) in [6, 6.07) is 66.5. The molecule has 0 fully saturated rings. The Morgan fingerprint density at radius 3 is 1.40 bits per heavy atom. The van der Waals surface area contributed by atoms with Crippen LogP contribution in [0.5, 0.6) is 5.75 Å². The maximum Gasteiger partial charge on any atom is 0.322 e. The smallest absolute Gasteiger partial charge is 0.322 e. The van der Waals surface area contributed by atoms with Gasteiger partial charge in [0.25, 0.3) is 0 Å². The van der Waals surface area contributed by atoms with Crippen molar-refractivity contribution in [3.8, 4) is 24.0 Å². The molecular weight excluding hydrogens is 777 g/mol. The first-order valence-electron chi connectivity index (χ1n) is 20.3. The third kappa shape index (κ3) is 9.86. The van der Waals surface area contributed by atoms with E-state index in [2.05, 4.69) is 103 Å². The Balaban J connectivity index is 1.34. The van der Waals surface area contributed by atoms with E-state index in [0.29, 0.717) is 11.3 Å². The fourth-order valence-electron chi connectivity index (χ4n) is 7.50. The minimum atomic E-state index is -1.68. The molecule has 63 heavy (non-hydrogen) atoms. The summed E-state index contributed by atoms with van der Waals surface area (Å²) in [5.41, 5.74) is 12.5. The quantitative estimate of drug-likeness (QED) is 0.0856. The van der Waals surface area contributed by atoms with E-state index in [1.165, 1.54) is 6.08 Å². The zero-order valence-electron chi connectivity index (χ0n) is 34.8. The SMILES string of the molecule is COc1cc(N(c2ccc(/C=C(/C#N)C(C#N)C(C#N)C(=O)O)cc2)c2ccc(C=C(c3ccccc3)c3ccccc3)c(C)c2)ccc1C=C(c1ccccc1)c1ccccc1. The maximum absolute atomic E-state index is 11.7. The Bertz CT molecular complexity index is 2860. The van der Waals surface area contributed by atoms with E-state index in [4.69, 9.17) is 4.74 Å². The third-order valence-electron chi connectivity index (χ3n) is 10.7. The Morgan fingerprint density at radius 2 is 0.984 bits per heavy atom. The second-order valence-corrected chi connectivity index (χ2v) is 14.7. The number of aliphatic carboxylic acids is 1. The topological polar surface area (TPSA) is 121 Å². The van der Waals surface area contributed by atoms with Crippen LogP contribution in [0.25, 0.3) is 29.4 Å². The van der Waals surface area contributed by atoms with Gasteiger partial charge in [0.1, 0.15) is 11.7 Å². The fourth-order valence-corrected chi connectivity index (χ4v) is 7.50. The molecule has 7 nitrogen and oxygen atoms in total. The molecule has 7 aromatic rings. The highest BCUT2D eigenvalue weighted by molar-refractivity contribution is 5.94. The Morgan fingerprint density at radius 1 is 0.556 bits per heavy atom. The van der Waals surface area contributed by atoms with E-state index in [1.807, 2.05) is 103 Å². The molecule has 304 valence electrons. The van der Waals surface area contributed by atoms with Crippen LogP contribution in [-0.4, -0.2) is 18.2 Å². The van der Waals surface area contributed by atoms with Crippen molar-refractivity contribution < 1.29 is 14.6 Å². The van der Waals surface area contributed by atoms with Crippen LogP contribution < -0.4 is 9.64 Å². The van der Waals surface area contributed by atoms with Gasteiger partial charge in [-0.25, -0.2) is 0 Å². The zero-order valence-corrected chi connectivity index (χ0v) is 34.8. The number of carboxylic acid groups (broad SMARTS) is 1. The summed E-state index contributed by atoms with van der Waals surface area (Å²) in [4.78, 5) is 13.9. The molecule has 0 bridgehead atoms. The van der Waals surface area contributed by atoms with Crippen molar-refractivity contribution in [1.82, 2.24) is 0 Å². The highest BCUT2D eigenvalue weighted by Gasteiger charge is 2.31. The summed E-state index contributed by atoms with van der Waals surface area (Å²) in [5, 5.41) is 38.7. The van der Waals surface area contributed by atoms with E-state index in [9.17, 15) is 25.7 Å². The first-order valence-corrected chi connectivity index (χ1v) is 20.3. The molecule has 0 saturated heterocycles. The lowest BCUT2D eigenvalue weighted by molar-refractivity contribution is -0.140. The van der Waals surface area contributed by atoms with Gasteiger partial charge in [0.15, 0.2) is 5.92 Å². The van der Waals surface area contributed by atoms with Crippen LogP contribution >= 0.6 is 0 Å². The number of ether oxygens (including phenoxy) is 1. The lowest BCUT2D eigenvalue weighted by atomic mass is 9.87. The number of hydrogen-bond donors (Lipinski definition) is 1. The highest BCUT2D eigenvalue weighted by Crippen LogP contribution is 2.40. The molecule has 0 aliphatic rings. The van der Waals surface area contributed by atoms with E-state index in [1.54, 1.807) is 25.3 Å². The maximum atomic E-state index is 11.7.